The third-order valence-corrected chi connectivity index (χ3v) is 8.93. The molecular weight excluding hydrogens is 522 g/mol. The lowest BCUT2D eigenvalue weighted by Gasteiger charge is -2.28. The van der Waals surface area contributed by atoms with Crippen LogP contribution in [0.25, 0.3) is 50.5 Å². The number of allylic oxidation sites excluding steroid dienone is 7. The van der Waals surface area contributed by atoms with Crippen molar-refractivity contribution in [3.05, 3.63) is 113 Å². The van der Waals surface area contributed by atoms with Crippen LogP contribution >= 0.6 is 11.3 Å². The summed E-state index contributed by atoms with van der Waals surface area (Å²) in [6.07, 6.45) is 17.5. The first-order valence-corrected chi connectivity index (χ1v) is 14.8. The van der Waals surface area contributed by atoms with Gasteiger partial charge in [0, 0.05) is 43.5 Å². The van der Waals surface area contributed by atoms with Gasteiger partial charge in [0.15, 0.2) is 0 Å². The lowest BCUT2D eigenvalue weighted by atomic mass is 9.83. The molecule has 0 aromatic carbocycles. The standard InChI is InChI=1S/C35H37N5S/c1-8-24(17-26(9-2)37-23(7)25-12-11-13-25)22(6)16-28-30(10-3)39-40-35(28)31-18-27-29(19-36-20-32(27)38-31)34-15-14-33(41-34)21(4)5/h8-10,14-20,25,37-39H,2,4,6-7,11-13H2,1,3,5H3/b24-8+,26-17+,28-16+,30-10+. The summed E-state index contributed by atoms with van der Waals surface area (Å²) in [6, 6.07) is 6.42. The van der Waals surface area contributed by atoms with Crippen molar-refractivity contribution in [2.75, 3.05) is 0 Å². The number of H-pyrrole nitrogens is 2. The van der Waals surface area contributed by atoms with E-state index in [-0.39, 0.29) is 0 Å². The van der Waals surface area contributed by atoms with E-state index >= 15 is 0 Å². The van der Waals surface area contributed by atoms with Gasteiger partial charge in [-0.3, -0.25) is 10.1 Å². The molecule has 4 aromatic rings. The number of nitrogens with zero attached hydrogens (tertiary/aromatic N) is 2. The molecular formula is C35H37N5S. The number of aromatic nitrogens is 4. The van der Waals surface area contributed by atoms with Crippen LogP contribution in [0.15, 0.2) is 97.7 Å². The van der Waals surface area contributed by atoms with Crippen molar-refractivity contribution >= 4 is 40.0 Å². The summed E-state index contributed by atoms with van der Waals surface area (Å²) < 4.78 is 0. The summed E-state index contributed by atoms with van der Waals surface area (Å²) in [7, 11) is 0. The van der Waals surface area contributed by atoms with Crippen LogP contribution in [0.4, 0.5) is 0 Å². The van der Waals surface area contributed by atoms with E-state index in [1.807, 2.05) is 45.3 Å². The highest BCUT2D eigenvalue weighted by Crippen LogP contribution is 2.36. The largest absolute Gasteiger partial charge is 0.359 e. The predicted octanol–water partition coefficient (Wildman–Crippen LogP) is 7.77. The van der Waals surface area contributed by atoms with E-state index in [2.05, 4.69) is 83.1 Å². The van der Waals surface area contributed by atoms with E-state index in [0.29, 0.717) is 5.92 Å². The van der Waals surface area contributed by atoms with Gasteiger partial charge < -0.3 is 10.3 Å². The molecule has 41 heavy (non-hydrogen) atoms. The van der Waals surface area contributed by atoms with Crippen LogP contribution in [0.5, 0.6) is 0 Å². The summed E-state index contributed by atoms with van der Waals surface area (Å²) in [5, 5.41) is 14.4. The molecule has 1 aliphatic rings. The Bertz CT molecular complexity index is 1850. The van der Waals surface area contributed by atoms with Crippen molar-refractivity contribution in [3.63, 3.8) is 0 Å². The molecule has 4 heterocycles. The fourth-order valence-corrected chi connectivity index (χ4v) is 5.96. The van der Waals surface area contributed by atoms with Crippen LogP contribution < -0.4 is 15.9 Å². The number of rotatable bonds is 10. The molecule has 5 rings (SSSR count). The van der Waals surface area contributed by atoms with Crippen LogP contribution in [0.1, 0.15) is 44.9 Å². The molecule has 0 unspecified atom stereocenters. The monoisotopic (exact) mass is 559 g/mol. The molecule has 4 aromatic heterocycles. The van der Waals surface area contributed by atoms with Crippen molar-refractivity contribution in [1.29, 1.82) is 0 Å². The van der Waals surface area contributed by atoms with Gasteiger partial charge in [-0.1, -0.05) is 44.9 Å². The van der Waals surface area contributed by atoms with Gasteiger partial charge in [-0.05, 0) is 92.7 Å². The highest BCUT2D eigenvalue weighted by Gasteiger charge is 2.20. The Morgan fingerprint density at radius 2 is 1.95 bits per heavy atom. The Morgan fingerprint density at radius 1 is 1.15 bits per heavy atom. The van der Waals surface area contributed by atoms with E-state index in [4.69, 9.17) is 5.10 Å². The molecule has 0 amide bonds. The third-order valence-electron chi connectivity index (χ3n) is 7.65. The lowest BCUT2D eigenvalue weighted by Crippen LogP contribution is -2.24. The van der Waals surface area contributed by atoms with Crippen molar-refractivity contribution < 1.29 is 0 Å². The summed E-state index contributed by atoms with van der Waals surface area (Å²) >= 11 is 1.73. The van der Waals surface area contributed by atoms with Gasteiger partial charge in [-0.15, -0.1) is 11.3 Å². The minimum Gasteiger partial charge on any atom is -0.359 e. The molecule has 6 heteroatoms. The van der Waals surface area contributed by atoms with Gasteiger partial charge in [0.2, 0.25) is 0 Å². The minimum absolute atomic E-state index is 0.540. The van der Waals surface area contributed by atoms with Crippen LogP contribution in [0.2, 0.25) is 0 Å². The van der Waals surface area contributed by atoms with Crippen molar-refractivity contribution in [2.24, 2.45) is 5.92 Å². The number of thiophene rings is 1. The van der Waals surface area contributed by atoms with Crippen molar-refractivity contribution in [2.45, 2.75) is 40.0 Å². The van der Waals surface area contributed by atoms with Crippen LogP contribution in [0.3, 0.4) is 0 Å². The number of aromatic amines is 2. The number of pyridine rings is 1. The normalized spacial score (nSPS) is 15.3. The highest BCUT2D eigenvalue weighted by molar-refractivity contribution is 7.16. The summed E-state index contributed by atoms with van der Waals surface area (Å²) in [5.41, 5.74) is 8.69. The molecule has 0 aliphatic heterocycles. The average Bonchev–Trinajstić information content (AvgIpc) is 3.67. The first-order valence-electron chi connectivity index (χ1n) is 13.9. The number of hydrogen-bond acceptors (Lipinski definition) is 4. The maximum atomic E-state index is 4.71. The Morgan fingerprint density at radius 3 is 2.59 bits per heavy atom. The average molecular weight is 560 g/mol. The quantitative estimate of drug-likeness (QED) is 0.174. The maximum Gasteiger partial charge on any atom is 0.116 e. The van der Waals surface area contributed by atoms with Gasteiger partial charge in [0.05, 0.1) is 22.8 Å². The molecule has 1 saturated carbocycles. The maximum absolute atomic E-state index is 4.71. The molecule has 0 atom stereocenters. The first kappa shape index (κ1) is 28.1. The lowest BCUT2D eigenvalue weighted by molar-refractivity contribution is 0.356. The Kier molecular flexibility index (Phi) is 8.22. The zero-order valence-electron chi connectivity index (χ0n) is 24.1. The van der Waals surface area contributed by atoms with Crippen molar-refractivity contribution in [3.8, 4) is 21.8 Å². The third kappa shape index (κ3) is 5.74. The zero-order chi connectivity index (χ0) is 29.1. The molecule has 0 spiro atoms. The SMILES string of the molecule is C=C/C(=C\C(=C/C)C(=C)/C=c1/c(-c2cc3c(-c4ccc(C(=C)C)s4)cncc3[nH]2)n[nH]/c1=C/C)NC(=C)C1CCC1. The fraction of sp³-hybridized carbons (Fsp3) is 0.200. The van der Waals surface area contributed by atoms with E-state index in [9.17, 15) is 0 Å². The number of hydrogen-bond donors (Lipinski definition) is 3. The van der Waals surface area contributed by atoms with E-state index in [0.717, 1.165) is 71.4 Å². The topological polar surface area (TPSA) is 69.4 Å². The second kappa shape index (κ2) is 12.0. The Balaban J connectivity index is 1.52. The first-order chi connectivity index (χ1) is 19.8. The molecule has 1 aliphatic carbocycles. The number of fused-ring (bicyclic) bond motifs is 1. The molecule has 1 fully saturated rings. The summed E-state index contributed by atoms with van der Waals surface area (Å²) in [4.78, 5) is 10.4. The van der Waals surface area contributed by atoms with Crippen LogP contribution in [0, 0.1) is 5.92 Å². The van der Waals surface area contributed by atoms with Crippen molar-refractivity contribution in [1.82, 2.24) is 25.5 Å². The zero-order valence-corrected chi connectivity index (χ0v) is 24.9. The van der Waals surface area contributed by atoms with Gasteiger partial charge >= 0.3 is 0 Å². The highest BCUT2D eigenvalue weighted by atomic mass is 32.1. The van der Waals surface area contributed by atoms with Gasteiger partial charge in [0.25, 0.3) is 0 Å². The fourth-order valence-electron chi connectivity index (χ4n) is 5.00. The molecule has 5 nitrogen and oxygen atoms in total. The Hall–Kier alpha value is -4.42. The minimum atomic E-state index is 0.540. The van der Waals surface area contributed by atoms with Gasteiger partial charge in [-0.2, -0.15) is 5.10 Å². The second-order valence-electron chi connectivity index (χ2n) is 10.5. The number of nitrogens with one attached hydrogen (secondary N) is 3. The van der Waals surface area contributed by atoms with Crippen LogP contribution in [-0.2, 0) is 0 Å². The molecule has 0 bridgehead atoms. The van der Waals surface area contributed by atoms with E-state index in [1.54, 1.807) is 11.3 Å². The molecule has 0 saturated heterocycles. The van der Waals surface area contributed by atoms with E-state index < -0.39 is 0 Å². The Labute approximate surface area is 245 Å². The summed E-state index contributed by atoms with van der Waals surface area (Å²) in [5.74, 6) is 0.540. The van der Waals surface area contributed by atoms with E-state index in [1.165, 1.54) is 24.1 Å². The van der Waals surface area contributed by atoms with Gasteiger partial charge in [-0.25, -0.2) is 0 Å². The van der Waals surface area contributed by atoms with Gasteiger partial charge in [0.1, 0.15) is 5.69 Å². The molecule has 3 N–H and O–H groups in total. The second-order valence-corrected chi connectivity index (χ2v) is 11.5. The molecule has 0 radical (unpaired) electrons. The van der Waals surface area contributed by atoms with Crippen LogP contribution in [-0.4, -0.2) is 20.2 Å². The molecule has 208 valence electrons. The predicted molar refractivity (Wildman–Crippen MR) is 176 cm³/mol. The smallest absolute Gasteiger partial charge is 0.116 e. The summed E-state index contributed by atoms with van der Waals surface area (Å²) in [6.45, 7) is 22.8.